The molecule has 8 N–H and O–H groups in total. The quantitative estimate of drug-likeness (QED) is 0.218. The summed E-state index contributed by atoms with van der Waals surface area (Å²) in [6.45, 7) is 0.388. The number of carbonyl (C=O) groups excluding carboxylic acids is 1. The second-order valence-electron chi connectivity index (χ2n) is 6.30. The number of carboxylic acid groups (broad SMARTS) is 1. The maximum absolute atomic E-state index is 11.4. The van der Waals surface area contributed by atoms with Crippen molar-refractivity contribution in [3.63, 3.8) is 0 Å². The monoisotopic (exact) mass is 397 g/mol. The fourth-order valence-corrected chi connectivity index (χ4v) is 2.95. The zero-order chi connectivity index (χ0) is 20.5. The Morgan fingerprint density at radius 2 is 1.63 bits per heavy atom. The number of aliphatic hydroxyl groups excluding tert-OH is 6. The zero-order valence-electron chi connectivity index (χ0n) is 14.2. The Labute approximate surface area is 152 Å². The lowest BCUT2D eigenvalue weighted by Crippen LogP contribution is -2.67. The molecular weight excluding hydrogens is 374 g/mol. The average Bonchev–Trinajstić information content (AvgIpc) is 2.60. The molecule has 0 aromatic rings. The smallest absolute Gasteiger partial charge is 0.335 e. The standard InChI is InChI=1S/C14H23NO12/c1-3(17)15-5-10(6(18)4(2-16)25-13(5)24)26-14-9(21)7(19)8(20)11(27-14)12(22)23/h4-11,13-14,16,18-21,24H,2H2,1H3,(H,15,17)(H,22,23)/t4-,5-,6?,7+,8+,9-,10-,11+,13?,14-/m1/s1. The Morgan fingerprint density at radius 1 is 1.00 bits per heavy atom. The van der Waals surface area contributed by atoms with Gasteiger partial charge in [0.15, 0.2) is 18.7 Å². The number of nitrogens with one attached hydrogen (secondary N) is 1. The molecule has 2 aliphatic rings. The molecule has 2 saturated heterocycles. The van der Waals surface area contributed by atoms with Gasteiger partial charge in [0, 0.05) is 6.92 Å². The van der Waals surface area contributed by atoms with Gasteiger partial charge in [-0.25, -0.2) is 4.79 Å². The fourth-order valence-electron chi connectivity index (χ4n) is 2.95. The van der Waals surface area contributed by atoms with Crippen molar-refractivity contribution in [2.45, 2.75) is 68.3 Å². The molecule has 0 aliphatic carbocycles. The third-order valence-corrected chi connectivity index (χ3v) is 4.35. The summed E-state index contributed by atoms with van der Waals surface area (Å²) >= 11 is 0. The average molecular weight is 397 g/mol. The number of hydrogen-bond acceptors (Lipinski definition) is 11. The summed E-state index contributed by atoms with van der Waals surface area (Å²) in [6.07, 6.45) is -15.8. The molecule has 2 unspecified atom stereocenters. The van der Waals surface area contributed by atoms with E-state index in [0.717, 1.165) is 6.92 Å². The lowest BCUT2D eigenvalue weighted by Gasteiger charge is -2.46. The molecule has 0 aromatic heterocycles. The van der Waals surface area contributed by atoms with Crippen molar-refractivity contribution in [2.75, 3.05) is 6.61 Å². The van der Waals surface area contributed by atoms with Gasteiger partial charge in [-0.05, 0) is 0 Å². The van der Waals surface area contributed by atoms with Crippen LogP contribution in [0.3, 0.4) is 0 Å². The molecule has 13 nitrogen and oxygen atoms in total. The second kappa shape index (κ2) is 8.72. The van der Waals surface area contributed by atoms with Crippen molar-refractivity contribution < 1.29 is 59.5 Å². The van der Waals surface area contributed by atoms with Crippen molar-refractivity contribution in [3.8, 4) is 0 Å². The highest BCUT2D eigenvalue weighted by Gasteiger charge is 2.52. The van der Waals surface area contributed by atoms with Crippen LogP contribution in [0.2, 0.25) is 0 Å². The van der Waals surface area contributed by atoms with Crippen molar-refractivity contribution in [1.29, 1.82) is 0 Å². The molecule has 0 spiro atoms. The molecule has 0 saturated carbocycles. The maximum atomic E-state index is 11.4. The van der Waals surface area contributed by atoms with Gasteiger partial charge in [-0.3, -0.25) is 4.79 Å². The first kappa shape index (κ1) is 21.9. The van der Waals surface area contributed by atoms with Gasteiger partial charge in [-0.1, -0.05) is 0 Å². The van der Waals surface area contributed by atoms with Crippen LogP contribution in [0.4, 0.5) is 0 Å². The highest BCUT2D eigenvalue weighted by atomic mass is 16.7. The van der Waals surface area contributed by atoms with E-state index in [-0.39, 0.29) is 0 Å². The number of aliphatic hydroxyl groups is 6. The molecule has 2 heterocycles. The van der Waals surface area contributed by atoms with E-state index in [1.165, 1.54) is 0 Å². The van der Waals surface area contributed by atoms with Gasteiger partial charge in [0.05, 0.1) is 6.61 Å². The molecule has 2 fully saturated rings. The normalized spacial score (nSPS) is 45.3. The van der Waals surface area contributed by atoms with E-state index in [1.54, 1.807) is 0 Å². The second-order valence-corrected chi connectivity index (χ2v) is 6.30. The van der Waals surface area contributed by atoms with E-state index in [0.29, 0.717) is 0 Å². The minimum Gasteiger partial charge on any atom is -0.479 e. The van der Waals surface area contributed by atoms with Crippen LogP contribution < -0.4 is 5.32 Å². The summed E-state index contributed by atoms with van der Waals surface area (Å²) < 4.78 is 15.3. The van der Waals surface area contributed by atoms with Crippen LogP contribution in [0, 0.1) is 0 Å². The van der Waals surface area contributed by atoms with Gasteiger partial charge < -0.3 is 55.3 Å². The van der Waals surface area contributed by atoms with Crippen molar-refractivity contribution in [1.82, 2.24) is 5.32 Å². The number of hydrogen-bond donors (Lipinski definition) is 8. The minimum absolute atomic E-state index is 0.630. The van der Waals surface area contributed by atoms with Gasteiger partial charge in [0.25, 0.3) is 0 Å². The lowest BCUT2D eigenvalue weighted by atomic mass is 9.95. The first-order valence-electron chi connectivity index (χ1n) is 8.06. The molecule has 156 valence electrons. The van der Waals surface area contributed by atoms with Crippen LogP contribution in [-0.2, 0) is 23.8 Å². The first-order valence-corrected chi connectivity index (χ1v) is 8.06. The molecule has 10 atom stereocenters. The number of carbonyl (C=O) groups is 2. The number of ether oxygens (including phenoxy) is 3. The minimum atomic E-state index is -1.95. The Bertz CT molecular complexity index is 546. The third-order valence-electron chi connectivity index (χ3n) is 4.35. The SMILES string of the molecule is CC(=O)N[C@H]1C(O)O[C@H](CO)C(O)[C@@H]1O[C@@H]1O[C@H](C(=O)O)[C@@H](O)[C@H](O)[C@H]1O. The number of aliphatic carboxylic acids is 1. The third kappa shape index (κ3) is 4.53. The molecule has 1 amide bonds. The Morgan fingerprint density at radius 3 is 2.15 bits per heavy atom. The topological polar surface area (TPSA) is 215 Å². The summed E-state index contributed by atoms with van der Waals surface area (Å²) in [5, 5.41) is 70.4. The van der Waals surface area contributed by atoms with Gasteiger partial charge >= 0.3 is 5.97 Å². The molecule has 13 heteroatoms. The predicted molar refractivity (Wildman–Crippen MR) is 80.8 cm³/mol. The van der Waals surface area contributed by atoms with Crippen LogP contribution in [-0.4, -0.2) is 116 Å². The number of amides is 1. The van der Waals surface area contributed by atoms with E-state index in [4.69, 9.17) is 19.3 Å². The molecule has 0 aromatic carbocycles. The maximum Gasteiger partial charge on any atom is 0.335 e. The largest absolute Gasteiger partial charge is 0.479 e. The van der Waals surface area contributed by atoms with E-state index in [2.05, 4.69) is 5.32 Å². The Kier molecular flexibility index (Phi) is 7.07. The van der Waals surface area contributed by atoms with Crippen LogP contribution in [0.5, 0.6) is 0 Å². The molecule has 0 bridgehead atoms. The summed E-state index contributed by atoms with van der Waals surface area (Å²) in [5.41, 5.74) is 0. The van der Waals surface area contributed by atoms with E-state index < -0.39 is 79.8 Å². The summed E-state index contributed by atoms with van der Waals surface area (Å²) in [6, 6.07) is -1.37. The van der Waals surface area contributed by atoms with Crippen LogP contribution >= 0.6 is 0 Å². The van der Waals surface area contributed by atoms with Crippen molar-refractivity contribution in [2.24, 2.45) is 0 Å². The van der Waals surface area contributed by atoms with Crippen LogP contribution in [0.1, 0.15) is 6.92 Å². The summed E-state index contributed by atoms with van der Waals surface area (Å²) in [5.74, 6) is -2.27. The van der Waals surface area contributed by atoms with E-state index in [1.807, 2.05) is 0 Å². The summed E-state index contributed by atoms with van der Waals surface area (Å²) in [7, 11) is 0. The predicted octanol–water partition coefficient (Wildman–Crippen LogP) is -5.16. The number of rotatable bonds is 5. The first-order chi connectivity index (χ1) is 12.6. The van der Waals surface area contributed by atoms with Gasteiger partial charge in [0.2, 0.25) is 5.91 Å². The van der Waals surface area contributed by atoms with Crippen molar-refractivity contribution in [3.05, 3.63) is 0 Å². The van der Waals surface area contributed by atoms with Gasteiger partial charge in [-0.2, -0.15) is 0 Å². The molecule has 2 rings (SSSR count). The molecule has 27 heavy (non-hydrogen) atoms. The van der Waals surface area contributed by atoms with Crippen LogP contribution in [0.25, 0.3) is 0 Å². The molecule has 0 radical (unpaired) electrons. The van der Waals surface area contributed by atoms with Crippen LogP contribution in [0.15, 0.2) is 0 Å². The van der Waals surface area contributed by atoms with E-state index in [9.17, 15) is 40.2 Å². The van der Waals surface area contributed by atoms with E-state index >= 15 is 0 Å². The summed E-state index contributed by atoms with van der Waals surface area (Å²) in [4.78, 5) is 22.5. The highest BCUT2D eigenvalue weighted by molar-refractivity contribution is 5.73. The van der Waals surface area contributed by atoms with Crippen molar-refractivity contribution >= 4 is 11.9 Å². The highest BCUT2D eigenvalue weighted by Crippen LogP contribution is 2.28. The Hall–Kier alpha value is -1.42. The fraction of sp³-hybridized carbons (Fsp3) is 0.857. The lowest BCUT2D eigenvalue weighted by molar-refractivity contribution is -0.336. The Balaban J connectivity index is 2.25. The molecular formula is C14H23NO12. The molecule has 2 aliphatic heterocycles. The van der Waals surface area contributed by atoms with Gasteiger partial charge in [-0.15, -0.1) is 0 Å². The number of carboxylic acids is 1. The van der Waals surface area contributed by atoms with Gasteiger partial charge in [0.1, 0.15) is 42.7 Å². The zero-order valence-corrected chi connectivity index (χ0v) is 14.2.